The zero-order valence-electron chi connectivity index (χ0n) is 20.4. The Morgan fingerprint density at radius 2 is 1.66 bits per heavy atom. The molecule has 9 heteroatoms. The van der Waals surface area contributed by atoms with Crippen molar-refractivity contribution in [1.29, 1.82) is 0 Å². The van der Waals surface area contributed by atoms with Crippen molar-refractivity contribution in [2.45, 2.75) is 19.8 Å². The first-order valence-electron chi connectivity index (χ1n) is 11.2. The minimum atomic E-state index is 0.541. The standard InChI is InChI=1S/C26H28ClN5O3/c1-6-7-19-23-24(32(2)31-19)26(28-18-11-9-17(27)10-12-18)30-22(29-23)13-8-16-14-20(33-3)25(35-5)21(15-16)34-4/h8-15H,6-7H2,1-5H3,(H,28,29,30)/b13-8+. The molecule has 1 N–H and O–H groups in total. The maximum absolute atomic E-state index is 6.06. The molecule has 0 aliphatic heterocycles. The molecule has 4 aromatic rings. The van der Waals surface area contributed by atoms with Crippen LogP contribution in [-0.4, -0.2) is 41.1 Å². The number of aromatic nitrogens is 4. The number of hydrogen-bond acceptors (Lipinski definition) is 7. The molecule has 0 radical (unpaired) electrons. The van der Waals surface area contributed by atoms with Crippen molar-refractivity contribution in [3.8, 4) is 17.2 Å². The van der Waals surface area contributed by atoms with Crippen molar-refractivity contribution in [2.24, 2.45) is 7.05 Å². The summed E-state index contributed by atoms with van der Waals surface area (Å²) in [5.41, 5.74) is 4.33. The minimum Gasteiger partial charge on any atom is -0.493 e. The molecular weight excluding hydrogens is 466 g/mol. The first kappa shape index (κ1) is 24.3. The van der Waals surface area contributed by atoms with Crippen LogP contribution in [0.1, 0.15) is 30.4 Å². The van der Waals surface area contributed by atoms with Crippen LogP contribution in [0.4, 0.5) is 11.5 Å². The second kappa shape index (κ2) is 10.7. The number of halogens is 1. The Balaban J connectivity index is 1.79. The summed E-state index contributed by atoms with van der Waals surface area (Å²) in [6.45, 7) is 2.12. The predicted molar refractivity (Wildman–Crippen MR) is 140 cm³/mol. The van der Waals surface area contributed by atoms with Gasteiger partial charge in [0.25, 0.3) is 0 Å². The van der Waals surface area contributed by atoms with Gasteiger partial charge in [-0.05, 0) is 54.5 Å². The van der Waals surface area contributed by atoms with E-state index in [9.17, 15) is 0 Å². The third-order valence-corrected chi connectivity index (χ3v) is 5.73. The number of aryl methyl sites for hydroxylation is 2. The maximum Gasteiger partial charge on any atom is 0.203 e. The average Bonchev–Trinajstić information content (AvgIpc) is 3.18. The van der Waals surface area contributed by atoms with Gasteiger partial charge in [-0.3, -0.25) is 4.68 Å². The minimum absolute atomic E-state index is 0.541. The summed E-state index contributed by atoms with van der Waals surface area (Å²) in [4.78, 5) is 9.63. The second-order valence-electron chi connectivity index (χ2n) is 7.87. The summed E-state index contributed by atoms with van der Waals surface area (Å²) in [6, 6.07) is 11.2. The van der Waals surface area contributed by atoms with E-state index in [2.05, 4.69) is 12.2 Å². The van der Waals surface area contributed by atoms with Gasteiger partial charge in [0.1, 0.15) is 11.0 Å². The highest BCUT2D eigenvalue weighted by Crippen LogP contribution is 2.38. The maximum atomic E-state index is 6.06. The Morgan fingerprint density at radius 3 is 2.26 bits per heavy atom. The lowest BCUT2D eigenvalue weighted by atomic mass is 10.1. The van der Waals surface area contributed by atoms with Gasteiger partial charge in [-0.15, -0.1) is 0 Å². The molecule has 35 heavy (non-hydrogen) atoms. The first-order valence-corrected chi connectivity index (χ1v) is 11.6. The van der Waals surface area contributed by atoms with Crippen LogP contribution in [0, 0.1) is 0 Å². The van der Waals surface area contributed by atoms with E-state index < -0.39 is 0 Å². The number of nitrogens with zero attached hydrogens (tertiary/aromatic N) is 4. The number of methoxy groups -OCH3 is 3. The largest absolute Gasteiger partial charge is 0.493 e. The summed E-state index contributed by atoms with van der Waals surface area (Å²) in [7, 11) is 6.67. The lowest BCUT2D eigenvalue weighted by Crippen LogP contribution is -2.01. The molecule has 2 aromatic heterocycles. The predicted octanol–water partition coefficient (Wildman–Crippen LogP) is 5.91. The van der Waals surface area contributed by atoms with E-state index in [4.69, 9.17) is 40.9 Å². The van der Waals surface area contributed by atoms with Crippen molar-refractivity contribution >= 4 is 46.3 Å². The van der Waals surface area contributed by atoms with Gasteiger partial charge in [-0.1, -0.05) is 31.0 Å². The molecule has 0 bridgehead atoms. The van der Waals surface area contributed by atoms with Crippen LogP contribution in [-0.2, 0) is 13.5 Å². The van der Waals surface area contributed by atoms with E-state index in [-0.39, 0.29) is 0 Å². The third kappa shape index (κ3) is 5.17. The molecule has 8 nitrogen and oxygen atoms in total. The van der Waals surface area contributed by atoms with Crippen LogP contribution in [0.25, 0.3) is 23.2 Å². The number of benzene rings is 2. The zero-order valence-corrected chi connectivity index (χ0v) is 21.2. The lowest BCUT2D eigenvalue weighted by molar-refractivity contribution is 0.324. The number of rotatable bonds is 9. The molecule has 0 amide bonds. The summed E-state index contributed by atoms with van der Waals surface area (Å²) >= 11 is 6.06. The number of hydrogen-bond donors (Lipinski definition) is 1. The van der Waals surface area contributed by atoms with Gasteiger partial charge in [-0.2, -0.15) is 5.10 Å². The van der Waals surface area contributed by atoms with Crippen molar-refractivity contribution in [3.63, 3.8) is 0 Å². The van der Waals surface area contributed by atoms with Crippen LogP contribution in [0.5, 0.6) is 17.2 Å². The zero-order chi connectivity index (χ0) is 24.9. The van der Waals surface area contributed by atoms with Gasteiger partial charge in [-0.25, -0.2) is 9.97 Å². The Labute approximate surface area is 209 Å². The monoisotopic (exact) mass is 493 g/mol. The van der Waals surface area contributed by atoms with Crippen molar-refractivity contribution < 1.29 is 14.2 Å². The summed E-state index contributed by atoms with van der Waals surface area (Å²) in [5.74, 6) is 2.90. The van der Waals surface area contributed by atoms with Crippen molar-refractivity contribution in [2.75, 3.05) is 26.6 Å². The molecule has 0 saturated carbocycles. The second-order valence-corrected chi connectivity index (χ2v) is 8.31. The van der Waals surface area contributed by atoms with E-state index in [1.807, 2.05) is 60.3 Å². The molecule has 2 heterocycles. The molecule has 0 aliphatic rings. The highest BCUT2D eigenvalue weighted by molar-refractivity contribution is 6.30. The van der Waals surface area contributed by atoms with Gasteiger partial charge in [0.15, 0.2) is 23.1 Å². The Bertz CT molecular complexity index is 1340. The van der Waals surface area contributed by atoms with Gasteiger partial charge >= 0.3 is 0 Å². The van der Waals surface area contributed by atoms with Gasteiger partial charge in [0.2, 0.25) is 5.75 Å². The fourth-order valence-corrected chi connectivity index (χ4v) is 3.99. The van der Waals surface area contributed by atoms with E-state index >= 15 is 0 Å². The van der Waals surface area contributed by atoms with Crippen LogP contribution in [0.3, 0.4) is 0 Å². The van der Waals surface area contributed by atoms with E-state index in [0.29, 0.717) is 33.9 Å². The van der Waals surface area contributed by atoms with Crippen molar-refractivity contribution in [3.05, 3.63) is 58.5 Å². The highest BCUT2D eigenvalue weighted by atomic mass is 35.5. The number of nitrogens with one attached hydrogen (secondary N) is 1. The molecule has 0 aliphatic carbocycles. The lowest BCUT2D eigenvalue weighted by Gasteiger charge is -2.13. The third-order valence-electron chi connectivity index (χ3n) is 5.47. The van der Waals surface area contributed by atoms with Crippen LogP contribution in [0.2, 0.25) is 5.02 Å². The molecule has 0 saturated heterocycles. The fraction of sp³-hybridized carbons (Fsp3) is 0.269. The first-order chi connectivity index (χ1) is 17.0. The average molecular weight is 494 g/mol. The van der Waals surface area contributed by atoms with Crippen LogP contribution >= 0.6 is 11.6 Å². The Morgan fingerprint density at radius 1 is 0.971 bits per heavy atom. The van der Waals surface area contributed by atoms with E-state index in [0.717, 1.165) is 40.8 Å². The topological polar surface area (TPSA) is 83.3 Å². The van der Waals surface area contributed by atoms with Crippen LogP contribution in [0.15, 0.2) is 36.4 Å². The molecule has 0 atom stereocenters. The SMILES string of the molecule is CCCc1nn(C)c2c(Nc3ccc(Cl)cc3)nc(/C=C/c3cc(OC)c(OC)c(OC)c3)nc12. The fourth-order valence-electron chi connectivity index (χ4n) is 3.86. The summed E-state index contributed by atoms with van der Waals surface area (Å²) in [5, 5.41) is 8.77. The highest BCUT2D eigenvalue weighted by Gasteiger charge is 2.17. The summed E-state index contributed by atoms with van der Waals surface area (Å²) < 4.78 is 18.2. The molecule has 2 aromatic carbocycles. The Kier molecular flexibility index (Phi) is 7.41. The molecule has 4 rings (SSSR count). The van der Waals surface area contributed by atoms with Gasteiger partial charge in [0.05, 0.1) is 27.0 Å². The Hall–Kier alpha value is -3.78. The smallest absolute Gasteiger partial charge is 0.203 e. The molecule has 0 spiro atoms. The van der Waals surface area contributed by atoms with Crippen LogP contribution < -0.4 is 19.5 Å². The van der Waals surface area contributed by atoms with Gasteiger partial charge < -0.3 is 19.5 Å². The van der Waals surface area contributed by atoms with E-state index in [1.165, 1.54) is 0 Å². The summed E-state index contributed by atoms with van der Waals surface area (Å²) in [6.07, 6.45) is 5.56. The molecule has 0 unspecified atom stereocenters. The number of fused-ring (bicyclic) bond motifs is 1. The van der Waals surface area contributed by atoms with Crippen molar-refractivity contribution in [1.82, 2.24) is 19.7 Å². The molecule has 0 fully saturated rings. The van der Waals surface area contributed by atoms with Gasteiger partial charge in [0, 0.05) is 17.8 Å². The van der Waals surface area contributed by atoms with E-state index in [1.54, 1.807) is 21.3 Å². The number of ether oxygens (including phenoxy) is 3. The number of anilines is 2. The normalized spacial score (nSPS) is 11.3. The molecular formula is C26H28ClN5O3. The quantitative estimate of drug-likeness (QED) is 0.310. The molecule has 182 valence electrons.